The van der Waals surface area contributed by atoms with Crippen molar-refractivity contribution in [2.45, 2.75) is 32.4 Å². The molecule has 0 aromatic carbocycles. The molecular weight excluding hydrogens is 492 g/mol. The second kappa shape index (κ2) is 18.0. The van der Waals surface area contributed by atoms with Gasteiger partial charge in [-0.3, -0.25) is 38.8 Å². The van der Waals surface area contributed by atoms with Crippen LogP contribution in [-0.4, -0.2) is 168 Å². The molecule has 0 aromatic heterocycles. The minimum absolute atomic E-state index is 0.0694. The summed E-state index contributed by atoms with van der Waals surface area (Å²) in [5.74, 6) is -4.17. The monoisotopic (exact) mass is 534 g/mol. The van der Waals surface area contributed by atoms with Crippen molar-refractivity contribution in [2.24, 2.45) is 0 Å². The van der Waals surface area contributed by atoms with Gasteiger partial charge in [0.05, 0.1) is 45.5 Å². The fourth-order valence-electron chi connectivity index (χ4n) is 4.10. The van der Waals surface area contributed by atoms with E-state index in [0.29, 0.717) is 26.2 Å². The van der Waals surface area contributed by atoms with Crippen molar-refractivity contribution in [1.82, 2.24) is 19.6 Å². The Morgan fingerprint density at radius 2 is 1.14 bits per heavy atom. The van der Waals surface area contributed by atoms with Crippen LogP contribution in [0.2, 0.25) is 0 Å². The summed E-state index contributed by atoms with van der Waals surface area (Å²) in [4.78, 5) is 52.6. The Labute approximate surface area is 217 Å². The fourth-order valence-corrected chi connectivity index (χ4v) is 4.10. The maximum Gasteiger partial charge on any atom is 0.317 e. The lowest BCUT2D eigenvalue weighted by Gasteiger charge is -2.37. The Morgan fingerprint density at radius 1 is 0.676 bits per heavy atom. The Morgan fingerprint density at radius 3 is 1.62 bits per heavy atom. The van der Waals surface area contributed by atoms with E-state index in [4.69, 9.17) is 9.47 Å². The summed E-state index contributed by atoms with van der Waals surface area (Å²) in [6, 6.07) is -0.388. The van der Waals surface area contributed by atoms with Crippen LogP contribution in [0.5, 0.6) is 0 Å². The number of ether oxygens (including phenoxy) is 2. The molecule has 0 spiro atoms. The Hall–Kier alpha value is -2.36. The van der Waals surface area contributed by atoms with Crippen molar-refractivity contribution in [2.75, 3.05) is 91.8 Å². The lowest BCUT2D eigenvalue weighted by atomic mass is 10.1. The Balaban J connectivity index is 3.10. The zero-order valence-electron chi connectivity index (χ0n) is 21.8. The second-order valence-corrected chi connectivity index (χ2v) is 9.31. The highest BCUT2D eigenvalue weighted by Crippen LogP contribution is 2.11. The van der Waals surface area contributed by atoms with Gasteiger partial charge in [-0.1, -0.05) is 0 Å². The molecule has 0 aliphatic carbocycles. The Bertz CT molecular complexity index is 724. The molecule has 0 radical (unpaired) electrons. The highest BCUT2D eigenvalue weighted by molar-refractivity contribution is 5.70. The maximum atomic E-state index is 11.7. The fraction of sp³-hybridized carbons (Fsp3) is 0.826. The van der Waals surface area contributed by atoms with Gasteiger partial charge in [-0.15, -0.1) is 0 Å². The van der Waals surface area contributed by atoms with Gasteiger partial charge in [0.2, 0.25) is 0 Å². The molecule has 37 heavy (non-hydrogen) atoms. The summed E-state index contributed by atoms with van der Waals surface area (Å²) in [6.07, 6.45) is 0.489. The van der Waals surface area contributed by atoms with E-state index in [1.165, 1.54) is 0 Å². The molecule has 1 saturated heterocycles. The number of carbonyl (C=O) groups is 4. The second-order valence-electron chi connectivity index (χ2n) is 9.31. The van der Waals surface area contributed by atoms with Crippen LogP contribution in [0.1, 0.15) is 20.3 Å². The van der Waals surface area contributed by atoms with E-state index in [9.17, 15) is 39.6 Å². The van der Waals surface area contributed by atoms with Crippen LogP contribution in [-0.2, 0) is 28.7 Å². The van der Waals surface area contributed by atoms with Crippen LogP contribution in [0.3, 0.4) is 0 Å². The van der Waals surface area contributed by atoms with Gasteiger partial charge >= 0.3 is 23.9 Å². The van der Waals surface area contributed by atoms with Gasteiger partial charge in [-0.05, 0) is 20.3 Å². The predicted octanol–water partition coefficient (Wildman–Crippen LogP) is -1.25. The summed E-state index contributed by atoms with van der Waals surface area (Å²) < 4.78 is 11.1. The van der Waals surface area contributed by atoms with Crippen LogP contribution in [0.15, 0.2) is 0 Å². The normalized spacial score (nSPS) is 19.8. The lowest BCUT2D eigenvalue weighted by Crippen LogP contribution is -2.53. The topological polar surface area (TPSA) is 181 Å². The van der Waals surface area contributed by atoms with Gasteiger partial charge in [-0.2, -0.15) is 0 Å². The van der Waals surface area contributed by atoms with Crippen molar-refractivity contribution in [3.05, 3.63) is 0 Å². The van der Waals surface area contributed by atoms with E-state index in [1.807, 2.05) is 13.8 Å². The molecule has 1 fully saturated rings. The van der Waals surface area contributed by atoms with E-state index in [0.717, 1.165) is 0 Å². The average molecular weight is 535 g/mol. The predicted molar refractivity (Wildman–Crippen MR) is 132 cm³/mol. The van der Waals surface area contributed by atoms with Gasteiger partial charge in [0, 0.05) is 58.5 Å². The summed E-state index contributed by atoms with van der Waals surface area (Å²) in [5.41, 5.74) is 0. The standard InChI is InChI=1S/C23H42N4O10/c1-18(2)37-12-11-36-10-3-19-13-26(16-22(32)33)7-6-24(14-20(28)29)4-5-25(15-21(30)31)8-9-27(19)17-23(34)35/h18-19H,3-17H2,1-2H3,(H,28,29)(H,30,31)(H,32,33)(H,34,35). The number of carboxylic acid groups (broad SMARTS) is 4. The van der Waals surface area contributed by atoms with E-state index in [2.05, 4.69) is 0 Å². The minimum atomic E-state index is -1.05. The first-order valence-corrected chi connectivity index (χ1v) is 12.4. The van der Waals surface area contributed by atoms with Crippen LogP contribution in [0.25, 0.3) is 0 Å². The molecule has 14 heteroatoms. The number of carboxylic acids is 4. The van der Waals surface area contributed by atoms with Crippen LogP contribution in [0, 0.1) is 0 Å². The number of hydrogen-bond acceptors (Lipinski definition) is 10. The van der Waals surface area contributed by atoms with Gasteiger partial charge in [0.25, 0.3) is 0 Å². The third kappa shape index (κ3) is 16.2. The van der Waals surface area contributed by atoms with E-state index >= 15 is 0 Å². The van der Waals surface area contributed by atoms with Gasteiger partial charge in [0.1, 0.15) is 0 Å². The van der Waals surface area contributed by atoms with E-state index < -0.39 is 23.9 Å². The third-order valence-electron chi connectivity index (χ3n) is 5.84. The van der Waals surface area contributed by atoms with Crippen molar-refractivity contribution in [3.8, 4) is 0 Å². The molecule has 1 aliphatic rings. The molecule has 1 aliphatic heterocycles. The zero-order chi connectivity index (χ0) is 27.8. The summed E-state index contributed by atoms with van der Waals surface area (Å²) in [5, 5.41) is 37.6. The number of hydrogen-bond donors (Lipinski definition) is 4. The molecule has 1 atom stereocenters. The highest BCUT2D eigenvalue weighted by Gasteiger charge is 2.27. The van der Waals surface area contributed by atoms with E-state index in [-0.39, 0.29) is 84.1 Å². The van der Waals surface area contributed by atoms with Crippen LogP contribution in [0.4, 0.5) is 0 Å². The molecule has 1 heterocycles. The van der Waals surface area contributed by atoms with Crippen molar-refractivity contribution in [3.63, 3.8) is 0 Å². The molecule has 14 nitrogen and oxygen atoms in total. The SMILES string of the molecule is CC(C)OCCOCCC1CN(CC(=O)O)CCN(CC(=O)O)CCN(CC(=O)O)CCN1CC(=O)O. The summed E-state index contributed by atoms with van der Waals surface area (Å²) in [7, 11) is 0. The molecule has 4 N–H and O–H groups in total. The number of rotatable bonds is 15. The first kappa shape index (κ1) is 32.7. The van der Waals surface area contributed by atoms with Crippen molar-refractivity contribution >= 4 is 23.9 Å². The largest absolute Gasteiger partial charge is 0.480 e. The summed E-state index contributed by atoms with van der Waals surface area (Å²) >= 11 is 0. The molecule has 0 amide bonds. The molecule has 0 saturated carbocycles. The molecular formula is C23H42N4O10. The molecule has 0 bridgehead atoms. The van der Waals surface area contributed by atoms with Crippen molar-refractivity contribution < 1.29 is 49.1 Å². The number of aliphatic carboxylic acids is 4. The first-order chi connectivity index (χ1) is 17.5. The van der Waals surface area contributed by atoms with Crippen LogP contribution < -0.4 is 0 Å². The quantitative estimate of drug-likeness (QED) is 0.183. The first-order valence-electron chi connectivity index (χ1n) is 12.4. The smallest absolute Gasteiger partial charge is 0.317 e. The average Bonchev–Trinajstić information content (AvgIpc) is 2.77. The van der Waals surface area contributed by atoms with E-state index in [1.54, 1.807) is 19.6 Å². The van der Waals surface area contributed by atoms with Gasteiger partial charge < -0.3 is 29.9 Å². The Kier molecular flexibility index (Phi) is 15.9. The molecule has 1 rings (SSSR count). The van der Waals surface area contributed by atoms with Gasteiger partial charge in [-0.25, -0.2) is 0 Å². The number of nitrogens with zero attached hydrogens (tertiary/aromatic N) is 4. The lowest BCUT2D eigenvalue weighted by molar-refractivity contribution is -0.142. The van der Waals surface area contributed by atoms with Crippen LogP contribution >= 0.6 is 0 Å². The van der Waals surface area contributed by atoms with Crippen molar-refractivity contribution in [1.29, 1.82) is 0 Å². The van der Waals surface area contributed by atoms with Gasteiger partial charge in [0.15, 0.2) is 0 Å². The third-order valence-corrected chi connectivity index (χ3v) is 5.84. The minimum Gasteiger partial charge on any atom is -0.480 e. The molecule has 214 valence electrons. The molecule has 0 aromatic rings. The zero-order valence-corrected chi connectivity index (χ0v) is 21.8. The maximum absolute atomic E-state index is 11.7. The highest BCUT2D eigenvalue weighted by atomic mass is 16.5. The molecule has 1 unspecified atom stereocenters. The summed E-state index contributed by atoms with van der Waals surface area (Å²) in [6.45, 7) is 5.55.